The molecule has 0 saturated carbocycles. The maximum Gasteiger partial charge on any atom is 0.339 e. The zero-order valence-corrected chi connectivity index (χ0v) is 12.2. The molecule has 0 fully saturated rings. The van der Waals surface area contributed by atoms with Crippen LogP contribution in [-0.2, 0) is 11.3 Å². The van der Waals surface area contributed by atoms with Gasteiger partial charge in [0.15, 0.2) is 0 Å². The number of hydrogen-bond donors (Lipinski definition) is 3. The molecule has 0 aliphatic heterocycles. The highest BCUT2D eigenvalue weighted by Crippen LogP contribution is 2.19. The second-order valence-corrected chi connectivity index (χ2v) is 4.96. The van der Waals surface area contributed by atoms with Gasteiger partial charge >= 0.3 is 5.97 Å². The van der Waals surface area contributed by atoms with E-state index in [1.54, 1.807) is 11.6 Å². The van der Waals surface area contributed by atoms with Gasteiger partial charge in [-0.1, -0.05) is 0 Å². The number of carboxylic acid groups (broad SMARTS) is 1. The number of amides is 1. The van der Waals surface area contributed by atoms with Crippen LogP contribution in [0.25, 0.3) is 0 Å². The van der Waals surface area contributed by atoms with Crippen LogP contribution in [0.4, 0.5) is 5.69 Å². The summed E-state index contributed by atoms with van der Waals surface area (Å²) < 4.78 is 1.76. The fourth-order valence-corrected chi connectivity index (χ4v) is 2.22. The lowest BCUT2D eigenvalue weighted by Crippen LogP contribution is -2.17. The maximum absolute atomic E-state index is 11.9. The summed E-state index contributed by atoms with van der Waals surface area (Å²) >= 11 is 0. The van der Waals surface area contributed by atoms with Gasteiger partial charge in [0.25, 0.3) is 0 Å². The largest absolute Gasteiger partial charge is 0.478 e. The molecule has 0 saturated heterocycles. The molecule has 3 N–H and O–H groups in total. The molecule has 0 aromatic carbocycles. The third kappa shape index (κ3) is 3.31. The van der Waals surface area contributed by atoms with Gasteiger partial charge in [0.1, 0.15) is 5.56 Å². The van der Waals surface area contributed by atoms with E-state index in [4.69, 9.17) is 5.11 Å². The van der Waals surface area contributed by atoms with Crippen LogP contribution in [0, 0.1) is 20.8 Å². The molecule has 0 radical (unpaired) electrons. The van der Waals surface area contributed by atoms with Crippen molar-refractivity contribution >= 4 is 17.6 Å². The SMILES string of the molecule is Cc1cc(C)n(CCC(=O)Nc2c[nH]c(C)c2C(=O)O)n1. The quantitative estimate of drug-likeness (QED) is 0.782. The number of aromatic nitrogens is 3. The Morgan fingerprint density at radius 2 is 2.10 bits per heavy atom. The molecule has 1 amide bonds. The fourth-order valence-electron chi connectivity index (χ4n) is 2.22. The van der Waals surface area contributed by atoms with Crippen molar-refractivity contribution in [2.45, 2.75) is 33.7 Å². The van der Waals surface area contributed by atoms with Crippen LogP contribution in [-0.4, -0.2) is 31.7 Å². The van der Waals surface area contributed by atoms with Gasteiger partial charge in [0.05, 0.1) is 11.4 Å². The second kappa shape index (κ2) is 5.82. The lowest BCUT2D eigenvalue weighted by molar-refractivity contribution is -0.116. The summed E-state index contributed by atoms with van der Waals surface area (Å²) in [5.74, 6) is -1.31. The number of nitrogens with one attached hydrogen (secondary N) is 2. The average Bonchev–Trinajstić information content (AvgIpc) is 2.90. The maximum atomic E-state index is 11.9. The molecule has 0 atom stereocenters. The first-order chi connectivity index (χ1) is 9.88. The number of hydrogen-bond acceptors (Lipinski definition) is 3. The van der Waals surface area contributed by atoms with Crippen molar-refractivity contribution in [1.29, 1.82) is 0 Å². The van der Waals surface area contributed by atoms with Crippen molar-refractivity contribution in [2.24, 2.45) is 0 Å². The summed E-state index contributed by atoms with van der Waals surface area (Å²) in [6.07, 6.45) is 1.71. The Labute approximate surface area is 122 Å². The molecule has 0 aliphatic rings. The average molecular weight is 290 g/mol. The molecule has 0 spiro atoms. The molecule has 7 heteroatoms. The van der Waals surface area contributed by atoms with E-state index in [1.165, 1.54) is 6.20 Å². The standard InChI is InChI=1S/C14H18N4O3/c1-8-6-9(2)18(17-8)5-4-12(19)16-11-7-15-10(3)13(11)14(20)21/h6-7,15H,4-5H2,1-3H3,(H,16,19)(H,20,21). The predicted molar refractivity (Wildman–Crippen MR) is 77.4 cm³/mol. The van der Waals surface area contributed by atoms with Gasteiger partial charge in [-0.15, -0.1) is 0 Å². The number of aromatic amines is 1. The number of carbonyl (C=O) groups excluding carboxylic acids is 1. The molecule has 0 bridgehead atoms. The summed E-state index contributed by atoms with van der Waals surface area (Å²) in [5.41, 5.74) is 2.79. The predicted octanol–water partition coefficient (Wildman–Crippen LogP) is 1.86. The number of carboxylic acids is 1. The fraction of sp³-hybridized carbons (Fsp3) is 0.357. The van der Waals surface area contributed by atoms with Crippen LogP contribution in [0.3, 0.4) is 0 Å². The van der Waals surface area contributed by atoms with Gasteiger partial charge in [0, 0.05) is 30.6 Å². The first-order valence-corrected chi connectivity index (χ1v) is 6.60. The highest BCUT2D eigenvalue weighted by molar-refractivity contribution is 6.01. The molecule has 2 rings (SSSR count). The van der Waals surface area contributed by atoms with E-state index in [1.807, 2.05) is 19.9 Å². The number of nitrogens with zero attached hydrogens (tertiary/aromatic N) is 2. The van der Waals surface area contributed by atoms with E-state index in [2.05, 4.69) is 15.4 Å². The summed E-state index contributed by atoms with van der Waals surface area (Å²) in [6, 6.07) is 1.94. The van der Waals surface area contributed by atoms with E-state index < -0.39 is 5.97 Å². The molecule has 21 heavy (non-hydrogen) atoms. The van der Waals surface area contributed by atoms with E-state index in [0.717, 1.165) is 11.4 Å². The monoisotopic (exact) mass is 290 g/mol. The minimum absolute atomic E-state index is 0.0921. The Morgan fingerprint density at radius 3 is 2.67 bits per heavy atom. The smallest absolute Gasteiger partial charge is 0.339 e. The second-order valence-electron chi connectivity index (χ2n) is 4.96. The van der Waals surface area contributed by atoms with Crippen molar-refractivity contribution in [1.82, 2.24) is 14.8 Å². The van der Waals surface area contributed by atoms with Crippen LogP contribution in [0.15, 0.2) is 12.3 Å². The van der Waals surface area contributed by atoms with Gasteiger partial charge in [0.2, 0.25) is 5.91 Å². The molecular weight excluding hydrogens is 272 g/mol. The third-order valence-corrected chi connectivity index (χ3v) is 3.22. The molecule has 7 nitrogen and oxygen atoms in total. The van der Waals surface area contributed by atoms with E-state index in [9.17, 15) is 9.59 Å². The molecule has 112 valence electrons. The number of aromatic carboxylic acids is 1. The number of rotatable bonds is 5. The Bertz CT molecular complexity index is 684. The first-order valence-electron chi connectivity index (χ1n) is 6.60. The van der Waals surface area contributed by atoms with Crippen LogP contribution in [0.1, 0.15) is 33.9 Å². The molecule has 2 aromatic heterocycles. The highest BCUT2D eigenvalue weighted by atomic mass is 16.4. The molecule has 0 aliphatic carbocycles. The number of anilines is 1. The van der Waals surface area contributed by atoms with E-state index >= 15 is 0 Å². The summed E-state index contributed by atoms with van der Waals surface area (Å²) in [5, 5.41) is 16.0. The van der Waals surface area contributed by atoms with Gasteiger partial charge in [-0.05, 0) is 26.8 Å². The number of carbonyl (C=O) groups is 2. The molecule has 2 heterocycles. The van der Waals surface area contributed by atoms with Crippen LogP contribution in [0.2, 0.25) is 0 Å². The Morgan fingerprint density at radius 1 is 1.38 bits per heavy atom. The summed E-state index contributed by atoms with van der Waals surface area (Å²) in [7, 11) is 0. The zero-order valence-electron chi connectivity index (χ0n) is 12.2. The lowest BCUT2D eigenvalue weighted by Gasteiger charge is -2.06. The van der Waals surface area contributed by atoms with Crippen LogP contribution >= 0.6 is 0 Å². The van der Waals surface area contributed by atoms with Gasteiger partial charge in [-0.2, -0.15) is 5.10 Å². The zero-order chi connectivity index (χ0) is 15.6. The van der Waals surface area contributed by atoms with E-state index in [0.29, 0.717) is 17.9 Å². The van der Waals surface area contributed by atoms with Gasteiger partial charge in [-0.25, -0.2) is 4.79 Å². The number of aryl methyl sites for hydroxylation is 4. The highest BCUT2D eigenvalue weighted by Gasteiger charge is 2.17. The van der Waals surface area contributed by atoms with Crippen LogP contribution < -0.4 is 5.32 Å². The Hall–Kier alpha value is -2.57. The lowest BCUT2D eigenvalue weighted by atomic mass is 10.2. The van der Waals surface area contributed by atoms with Crippen molar-refractivity contribution in [3.05, 3.63) is 34.9 Å². The van der Waals surface area contributed by atoms with Crippen LogP contribution in [0.5, 0.6) is 0 Å². The molecule has 0 unspecified atom stereocenters. The minimum atomic E-state index is -1.07. The Balaban J connectivity index is 1.99. The van der Waals surface area contributed by atoms with Crippen molar-refractivity contribution in [3.63, 3.8) is 0 Å². The van der Waals surface area contributed by atoms with Crippen molar-refractivity contribution in [2.75, 3.05) is 5.32 Å². The molecule has 2 aromatic rings. The van der Waals surface area contributed by atoms with Gasteiger partial charge in [-0.3, -0.25) is 9.48 Å². The molecular formula is C14H18N4O3. The topological polar surface area (TPSA) is 100 Å². The van der Waals surface area contributed by atoms with E-state index in [-0.39, 0.29) is 17.9 Å². The first kappa shape index (κ1) is 14.8. The summed E-state index contributed by atoms with van der Waals surface area (Å²) in [4.78, 5) is 25.9. The summed E-state index contributed by atoms with van der Waals surface area (Å²) in [6.45, 7) is 5.92. The Kier molecular flexibility index (Phi) is 4.11. The normalized spacial score (nSPS) is 10.6. The van der Waals surface area contributed by atoms with Crippen molar-refractivity contribution in [3.8, 4) is 0 Å². The third-order valence-electron chi connectivity index (χ3n) is 3.22. The van der Waals surface area contributed by atoms with Gasteiger partial charge < -0.3 is 15.4 Å². The minimum Gasteiger partial charge on any atom is -0.478 e. The van der Waals surface area contributed by atoms with Crippen molar-refractivity contribution < 1.29 is 14.7 Å². The number of H-pyrrole nitrogens is 1.